The van der Waals surface area contributed by atoms with Gasteiger partial charge in [0.1, 0.15) is 23.3 Å². The standard InChI is InChI=1S/C30H30N2O5S/c1-3-36-29-19-18-27(20-22(29)2)38(34,35)32-28(21-23-10-6-4-7-11-23)30(33)31-24-14-16-26(17-15-24)37-25-12-8-5-9-13-25/h4-20,28,32H,3,21H2,1-2H3,(H,31,33)/t28-/m1/s1. The van der Waals surface area contributed by atoms with Crippen LogP contribution in [0, 0.1) is 6.92 Å². The number of hydrogen-bond acceptors (Lipinski definition) is 5. The average molecular weight is 531 g/mol. The topological polar surface area (TPSA) is 93.7 Å². The van der Waals surface area contributed by atoms with Gasteiger partial charge in [-0.25, -0.2) is 8.42 Å². The lowest BCUT2D eigenvalue weighted by molar-refractivity contribution is -0.117. The predicted octanol–water partition coefficient (Wildman–Crippen LogP) is 5.71. The van der Waals surface area contributed by atoms with Crippen LogP contribution < -0.4 is 19.5 Å². The number of amides is 1. The van der Waals surface area contributed by atoms with Crippen molar-refractivity contribution in [2.75, 3.05) is 11.9 Å². The maximum absolute atomic E-state index is 13.3. The first kappa shape index (κ1) is 26.9. The third-order valence-corrected chi connectivity index (χ3v) is 7.22. The summed E-state index contributed by atoms with van der Waals surface area (Å²) in [6, 6.07) is 29.1. The van der Waals surface area contributed by atoms with E-state index in [0.29, 0.717) is 35.1 Å². The molecule has 4 rings (SSSR count). The average Bonchev–Trinajstić information content (AvgIpc) is 2.92. The highest BCUT2D eigenvalue weighted by atomic mass is 32.2. The van der Waals surface area contributed by atoms with E-state index in [9.17, 15) is 13.2 Å². The van der Waals surface area contributed by atoms with Gasteiger partial charge in [-0.2, -0.15) is 4.72 Å². The molecule has 0 unspecified atom stereocenters. The summed E-state index contributed by atoms with van der Waals surface area (Å²) in [6.45, 7) is 4.12. The van der Waals surface area contributed by atoms with E-state index in [1.165, 1.54) is 12.1 Å². The molecule has 0 saturated heterocycles. The Labute approximate surface area is 223 Å². The highest BCUT2D eigenvalue weighted by Gasteiger charge is 2.27. The fourth-order valence-electron chi connectivity index (χ4n) is 3.86. The third-order valence-electron chi connectivity index (χ3n) is 5.75. The second-order valence-electron chi connectivity index (χ2n) is 8.65. The van der Waals surface area contributed by atoms with Crippen molar-refractivity contribution < 1.29 is 22.7 Å². The van der Waals surface area contributed by atoms with Gasteiger partial charge in [0.05, 0.1) is 11.5 Å². The first-order valence-corrected chi connectivity index (χ1v) is 13.8. The van der Waals surface area contributed by atoms with Gasteiger partial charge in [-0.3, -0.25) is 4.79 Å². The van der Waals surface area contributed by atoms with Crippen molar-refractivity contribution in [3.8, 4) is 17.2 Å². The molecule has 7 nitrogen and oxygen atoms in total. The summed E-state index contributed by atoms with van der Waals surface area (Å²) < 4.78 is 40.5. The van der Waals surface area contributed by atoms with Crippen LogP contribution in [-0.2, 0) is 21.2 Å². The second-order valence-corrected chi connectivity index (χ2v) is 10.4. The SMILES string of the molecule is CCOc1ccc(S(=O)(=O)N[C@H](Cc2ccccc2)C(=O)Nc2ccc(Oc3ccccc3)cc2)cc1C. The molecule has 0 heterocycles. The molecular weight excluding hydrogens is 500 g/mol. The molecule has 0 bridgehead atoms. The van der Waals surface area contributed by atoms with Gasteiger partial charge in [0, 0.05) is 5.69 Å². The van der Waals surface area contributed by atoms with Crippen LogP contribution in [0.25, 0.3) is 0 Å². The van der Waals surface area contributed by atoms with Crippen molar-refractivity contribution in [2.45, 2.75) is 31.2 Å². The molecule has 1 atom stereocenters. The molecule has 0 spiro atoms. The molecular formula is C30H30N2O5S. The Morgan fingerprint density at radius 2 is 1.47 bits per heavy atom. The molecule has 1 amide bonds. The predicted molar refractivity (Wildman–Crippen MR) is 148 cm³/mol. The van der Waals surface area contributed by atoms with Crippen LogP contribution in [0.5, 0.6) is 17.2 Å². The molecule has 0 fully saturated rings. The van der Waals surface area contributed by atoms with E-state index < -0.39 is 22.0 Å². The van der Waals surface area contributed by atoms with Gasteiger partial charge in [-0.05, 0) is 86.0 Å². The second kappa shape index (κ2) is 12.4. The molecule has 0 radical (unpaired) electrons. The summed E-state index contributed by atoms with van der Waals surface area (Å²) in [5.41, 5.74) is 2.03. The maximum Gasteiger partial charge on any atom is 0.242 e. The van der Waals surface area contributed by atoms with Crippen molar-refractivity contribution in [3.05, 3.63) is 114 Å². The molecule has 0 aliphatic rings. The summed E-state index contributed by atoms with van der Waals surface area (Å²) in [5.74, 6) is 1.45. The van der Waals surface area contributed by atoms with Gasteiger partial charge in [-0.1, -0.05) is 48.5 Å². The quantitative estimate of drug-likeness (QED) is 0.259. The number of carbonyl (C=O) groups is 1. The lowest BCUT2D eigenvalue weighted by Crippen LogP contribution is -2.45. The Morgan fingerprint density at radius 1 is 0.842 bits per heavy atom. The zero-order valence-corrected chi connectivity index (χ0v) is 22.1. The van der Waals surface area contributed by atoms with Crippen molar-refractivity contribution >= 4 is 21.6 Å². The van der Waals surface area contributed by atoms with Crippen molar-refractivity contribution in [1.82, 2.24) is 4.72 Å². The van der Waals surface area contributed by atoms with E-state index >= 15 is 0 Å². The van der Waals surface area contributed by atoms with Crippen LogP contribution in [0.15, 0.2) is 108 Å². The number of sulfonamides is 1. The number of aryl methyl sites for hydroxylation is 1. The van der Waals surface area contributed by atoms with E-state index in [2.05, 4.69) is 10.0 Å². The summed E-state index contributed by atoms with van der Waals surface area (Å²) >= 11 is 0. The van der Waals surface area contributed by atoms with Gasteiger partial charge < -0.3 is 14.8 Å². The van der Waals surface area contributed by atoms with Crippen LogP contribution in [0.2, 0.25) is 0 Å². The minimum absolute atomic E-state index is 0.0618. The Kier molecular flexibility index (Phi) is 8.78. The monoisotopic (exact) mass is 530 g/mol. The van der Waals surface area contributed by atoms with Crippen molar-refractivity contribution in [2.24, 2.45) is 0 Å². The maximum atomic E-state index is 13.3. The first-order valence-electron chi connectivity index (χ1n) is 12.3. The van der Waals surface area contributed by atoms with E-state index in [-0.39, 0.29) is 11.3 Å². The Hall–Kier alpha value is -4.14. The molecule has 0 aromatic heterocycles. The van der Waals surface area contributed by atoms with Crippen LogP contribution in [0.1, 0.15) is 18.1 Å². The molecule has 4 aromatic rings. The molecule has 2 N–H and O–H groups in total. The van der Waals surface area contributed by atoms with E-state index in [1.807, 2.05) is 67.6 Å². The number of nitrogens with one attached hydrogen (secondary N) is 2. The largest absolute Gasteiger partial charge is 0.494 e. The van der Waals surface area contributed by atoms with Crippen molar-refractivity contribution in [1.29, 1.82) is 0 Å². The van der Waals surface area contributed by atoms with Gasteiger partial charge in [0.25, 0.3) is 0 Å². The number of rotatable bonds is 11. The van der Waals surface area contributed by atoms with Gasteiger partial charge in [0.15, 0.2) is 0 Å². The number of para-hydroxylation sites is 1. The van der Waals surface area contributed by atoms with Gasteiger partial charge in [0.2, 0.25) is 15.9 Å². The summed E-state index contributed by atoms with van der Waals surface area (Å²) in [5, 5.41) is 2.82. The van der Waals surface area contributed by atoms with Crippen molar-refractivity contribution in [3.63, 3.8) is 0 Å². The number of anilines is 1. The lowest BCUT2D eigenvalue weighted by atomic mass is 10.1. The van der Waals surface area contributed by atoms with E-state index in [1.54, 1.807) is 37.3 Å². The minimum Gasteiger partial charge on any atom is -0.494 e. The number of hydrogen-bond donors (Lipinski definition) is 2. The van der Waals surface area contributed by atoms with Gasteiger partial charge in [-0.15, -0.1) is 0 Å². The third kappa shape index (κ3) is 7.21. The van der Waals surface area contributed by atoms with E-state index in [0.717, 1.165) is 5.56 Å². The molecule has 196 valence electrons. The smallest absolute Gasteiger partial charge is 0.242 e. The number of benzene rings is 4. The van der Waals surface area contributed by atoms with Gasteiger partial charge >= 0.3 is 0 Å². The van der Waals surface area contributed by atoms with E-state index in [4.69, 9.17) is 9.47 Å². The Bertz CT molecular complexity index is 1460. The number of carbonyl (C=O) groups excluding carboxylic acids is 1. The lowest BCUT2D eigenvalue weighted by Gasteiger charge is -2.19. The molecule has 4 aromatic carbocycles. The Morgan fingerprint density at radius 3 is 2.11 bits per heavy atom. The molecule has 0 aliphatic carbocycles. The zero-order valence-electron chi connectivity index (χ0n) is 21.3. The molecule has 0 aliphatic heterocycles. The molecule has 8 heteroatoms. The highest BCUT2D eigenvalue weighted by Crippen LogP contribution is 2.24. The number of ether oxygens (including phenoxy) is 2. The van der Waals surface area contributed by atoms with Crippen LogP contribution in [0.4, 0.5) is 5.69 Å². The Balaban J connectivity index is 1.51. The normalized spacial score (nSPS) is 11.9. The fraction of sp³-hybridized carbons (Fsp3) is 0.167. The summed E-state index contributed by atoms with van der Waals surface area (Å²) in [4.78, 5) is 13.4. The summed E-state index contributed by atoms with van der Waals surface area (Å²) in [6.07, 6.45) is 0.178. The summed E-state index contributed by atoms with van der Waals surface area (Å²) in [7, 11) is -4.00. The van der Waals surface area contributed by atoms with Crippen LogP contribution >= 0.6 is 0 Å². The highest BCUT2D eigenvalue weighted by molar-refractivity contribution is 7.89. The fourth-order valence-corrected chi connectivity index (χ4v) is 5.14. The molecule has 38 heavy (non-hydrogen) atoms. The molecule has 0 saturated carbocycles. The zero-order chi connectivity index (χ0) is 27.0. The first-order chi connectivity index (χ1) is 18.3. The van der Waals surface area contributed by atoms with Crippen LogP contribution in [0.3, 0.4) is 0 Å². The minimum atomic E-state index is -4.00. The van der Waals surface area contributed by atoms with Crippen LogP contribution in [-0.4, -0.2) is 27.0 Å².